The van der Waals surface area contributed by atoms with Crippen LogP contribution in [0.1, 0.15) is 16.1 Å². The fourth-order valence-corrected chi connectivity index (χ4v) is 6.09. The zero-order chi connectivity index (χ0) is 24.4. The van der Waals surface area contributed by atoms with Gasteiger partial charge in [-0.05, 0) is 36.8 Å². The summed E-state index contributed by atoms with van der Waals surface area (Å²) in [6.45, 7) is 4.63. The second kappa shape index (κ2) is 10.2. The molecule has 5 rings (SSSR count). The van der Waals surface area contributed by atoms with Crippen molar-refractivity contribution in [2.45, 2.75) is 6.42 Å². The van der Waals surface area contributed by atoms with Gasteiger partial charge in [0, 0.05) is 48.4 Å². The fourth-order valence-electron chi connectivity index (χ4n) is 4.08. The van der Waals surface area contributed by atoms with E-state index in [1.807, 2.05) is 18.2 Å². The number of thiazole rings is 1. The Bertz CT molecular complexity index is 1380. The topological polar surface area (TPSA) is 98.0 Å². The van der Waals surface area contributed by atoms with Gasteiger partial charge < -0.3 is 9.47 Å². The van der Waals surface area contributed by atoms with Crippen molar-refractivity contribution in [3.05, 3.63) is 57.5 Å². The molecule has 2 aromatic carbocycles. The number of methoxy groups -OCH3 is 1. The highest BCUT2D eigenvalue weighted by Crippen LogP contribution is 2.34. The molecule has 0 saturated carbocycles. The van der Waals surface area contributed by atoms with Gasteiger partial charge in [-0.2, -0.15) is 0 Å². The number of anilines is 1. The molecule has 9 nitrogen and oxygen atoms in total. The third kappa shape index (κ3) is 5.13. The third-order valence-electron chi connectivity index (χ3n) is 5.94. The maximum absolute atomic E-state index is 13.7. The molecule has 1 saturated heterocycles. The van der Waals surface area contributed by atoms with E-state index in [4.69, 9.17) is 14.5 Å². The summed E-state index contributed by atoms with van der Waals surface area (Å²) in [7, 11) is 1.62. The molecule has 1 aliphatic rings. The monoisotopic (exact) mass is 512 g/mol. The predicted molar refractivity (Wildman–Crippen MR) is 138 cm³/mol. The van der Waals surface area contributed by atoms with Crippen molar-refractivity contribution in [1.82, 2.24) is 9.88 Å². The van der Waals surface area contributed by atoms with Gasteiger partial charge in [-0.25, -0.2) is 4.98 Å². The summed E-state index contributed by atoms with van der Waals surface area (Å²) in [5.74, 6) is 0.589. The highest BCUT2D eigenvalue weighted by atomic mass is 32.1. The predicted octanol–water partition coefficient (Wildman–Crippen LogP) is 4.80. The van der Waals surface area contributed by atoms with Crippen LogP contribution >= 0.6 is 22.7 Å². The molecule has 35 heavy (non-hydrogen) atoms. The van der Waals surface area contributed by atoms with Gasteiger partial charge in [0.25, 0.3) is 11.6 Å². The summed E-state index contributed by atoms with van der Waals surface area (Å²) in [4.78, 5) is 33.8. The van der Waals surface area contributed by atoms with Crippen LogP contribution in [-0.2, 0) is 4.74 Å². The van der Waals surface area contributed by atoms with Gasteiger partial charge in [0.15, 0.2) is 5.13 Å². The Hall–Kier alpha value is -3.12. The smallest absolute Gasteiger partial charge is 0.270 e. The van der Waals surface area contributed by atoms with Crippen LogP contribution in [0.2, 0.25) is 0 Å². The molecule has 0 unspecified atom stereocenters. The van der Waals surface area contributed by atoms with E-state index < -0.39 is 4.92 Å². The van der Waals surface area contributed by atoms with Gasteiger partial charge in [-0.15, -0.1) is 11.3 Å². The maximum Gasteiger partial charge on any atom is 0.270 e. The first-order valence-electron chi connectivity index (χ1n) is 11.3. The SMILES string of the molecule is COc1ccc2nc(N(CCCN3CCOCC3)C(=O)c3cc4cc([N+](=O)[O-])ccc4s3)sc2c1. The van der Waals surface area contributed by atoms with Crippen molar-refractivity contribution in [2.75, 3.05) is 51.4 Å². The Kier molecular flexibility index (Phi) is 6.91. The number of nitro benzene ring substituents is 1. The van der Waals surface area contributed by atoms with E-state index in [0.717, 1.165) is 59.9 Å². The number of carbonyl (C=O) groups is 1. The normalized spacial score (nSPS) is 14.4. The Morgan fingerprint density at radius 1 is 1.17 bits per heavy atom. The van der Waals surface area contributed by atoms with Crippen molar-refractivity contribution in [3.63, 3.8) is 0 Å². The van der Waals surface area contributed by atoms with E-state index in [2.05, 4.69) is 4.90 Å². The number of hydrogen-bond donors (Lipinski definition) is 0. The molecule has 4 aromatic rings. The Labute approximate surface area is 209 Å². The first kappa shape index (κ1) is 23.6. The number of non-ortho nitro benzene ring substituents is 1. The van der Waals surface area contributed by atoms with E-state index in [9.17, 15) is 14.9 Å². The number of nitrogens with zero attached hydrogens (tertiary/aromatic N) is 4. The van der Waals surface area contributed by atoms with Crippen LogP contribution in [0, 0.1) is 10.1 Å². The minimum Gasteiger partial charge on any atom is -0.497 e. The van der Waals surface area contributed by atoms with Crippen LogP contribution in [0.5, 0.6) is 5.75 Å². The van der Waals surface area contributed by atoms with E-state index in [0.29, 0.717) is 21.9 Å². The summed E-state index contributed by atoms with van der Waals surface area (Å²) in [6, 6.07) is 12.1. The largest absolute Gasteiger partial charge is 0.497 e. The van der Waals surface area contributed by atoms with E-state index >= 15 is 0 Å². The van der Waals surface area contributed by atoms with Gasteiger partial charge in [-0.3, -0.25) is 24.7 Å². The first-order chi connectivity index (χ1) is 17.0. The lowest BCUT2D eigenvalue weighted by atomic mass is 10.2. The number of benzene rings is 2. The molecule has 0 radical (unpaired) electrons. The van der Waals surface area contributed by atoms with Gasteiger partial charge in [0.2, 0.25) is 0 Å². The molecule has 1 fully saturated rings. The average Bonchev–Trinajstić information content (AvgIpc) is 3.50. The fraction of sp³-hybridized carbons (Fsp3) is 0.333. The summed E-state index contributed by atoms with van der Waals surface area (Å²) in [5, 5.41) is 12.5. The number of rotatable bonds is 8. The van der Waals surface area contributed by atoms with E-state index in [1.54, 1.807) is 24.1 Å². The minimum atomic E-state index is -0.425. The van der Waals surface area contributed by atoms with Crippen molar-refractivity contribution >= 4 is 59.7 Å². The number of hydrogen-bond acceptors (Lipinski definition) is 9. The number of aromatic nitrogens is 1. The van der Waals surface area contributed by atoms with Gasteiger partial charge in [-0.1, -0.05) is 11.3 Å². The highest BCUT2D eigenvalue weighted by Gasteiger charge is 2.24. The van der Waals surface area contributed by atoms with E-state index in [1.165, 1.54) is 34.8 Å². The first-order valence-corrected chi connectivity index (χ1v) is 12.9. The lowest BCUT2D eigenvalue weighted by Crippen LogP contribution is -2.39. The number of ether oxygens (including phenoxy) is 2. The Morgan fingerprint density at radius 3 is 2.77 bits per heavy atom. The molecular weight excluding hydrogens is 488 g/mol. The van der Waals surface area contributed by atoms with E-state index in [-0.39, 0.29) is 11.6 Å². The Balaban J connectivity index is 1.44. The number of fused-ring (bicyclic) bond motifs is 2. The second-order valence-corrected chi connectivity index (χ2v) is 10.3. The van der Waals surface area contributed by atoms with Crippen molar-refractivity contribution in [3.8, 4) is 5.75 Å². The molecule has 2 aromatic heterocycles. The molecular formula is C24H24N4O5S2. The van der Waals surface area contributed by atoms with Crippen molar-refractivity contribution in [2.24, 2.45) is 0 Å². The lowest BCUT2D eigenvalue weighted by Gasteiger charge is -2.27. The summed E-state index contributed by atoms with van der Waals surface area (Å²) in [6.07, 6.45) is 0.793. The van der Waals surface area contributed by atoms with Gasteiger partial charge in [0.05, 0.1) is 40.3 Å². The molecule has 1 aliphatic heterocycles. The quantitative estimate of drug-likeness (QED) is 0.247. The number of thiophene rings is 1. The number of carbonyl (C=O) groups excluding carboxylic acids is 1. The molecule has 0 aliphatic carbocycles. The third-order valence-corrected chi connectivity index (χ3v) is 8.09. The molecule has 11 heteroatoms. The van der Waals surface area contributed by atoms with Crippen LogP contribution in [0.15, 0.2) is 42.5 Å². The molecule has 0 spiro atoms. The van der Waals surface area contributed by atoms with Crippen molar-refractivity contribution < 1.29 is 19.2 Å². The minimum absolute atomic E-state index is 0.0109. The van der Waals surface area contributed by atoms with Crippen LogP contribution in [0.4, 0.5) is 10.8 Å². The molecule has 1 amide bonds. The standard InChI is InChI=1S/C24H24N4O5S2/c1-32-18-4-5-19-21(15-18)35-24(25-19)27(8-2-7-26-9-11-33-12-10-26)23(29)22-14-16-13-17(28(30)31)3-6-20(16)34-22/h3-6,13-15H,2,7-12H2,1H3. The van der Waals surface area contributed by atoms with Crippen molar-refractivity contribution in [1.29, 1.82) is 0 Å². The molecule has 0 N–H and O–H groups in total. The summed E-state index contributed by atoms with van der Waals surface area (Å²) in [5.41, 5.74) is 0.820. The van der Waals surface area contributed by atoms with Crippen LogP contribution in [0.3, 0.4) is 0 Å². The van der Waals surface area contributed by atoms with Crippen LogP contribution in [-0.4, -0.2) is 67.2 Å². The summed E-state index contributed by atoms with van der Waals surface area (Å²) >= 11 is 2.79. The Morgan fingerprint density at radius 2 is 2.00 bits per heavy atom. The van der Waals surface area contributed by atoms with Crippen LogP contribution < -0.4 is 9.64 Å². The zero-order valence-electron chi connectivity index (χ0n) is 19.1. The summed E-state index contributed by atoms with van der Waals surface area (Å²) < 4.78 is 12.5. The number of morpholine rings is 1. The molecule has 0 bridgehead atoms. The average molecular weight is 513 g/mol. The molecule has 0 atom stereocenters. The number of nitro groups is 1. The zero-order valence-corrected chi connectivity index (χ0v) is 20.8. The maximum atomic E-state index is 13.7. The molecule has 182 valence electrons. The lowest BCUT2D eigenvalue weighted by molar-refractivity contribution is -0.384. The van der Waals surface area contributed by atoms with Crippen LogP contribution in [0.25, 0.3) is 20.3 Å². The molecule has 3 heterocycles. The highest BCUT2D eigenvalue weighted by molar-refractivity contribution is 7.23. The number of amides is 1. The second-order valence-electron chi connectivity index (χ2n) is 8.18. The van der Waals surface area contributed by atoms with Gasteiger partial charge in [0.1, 0.15) is 5.75 Å². The van der Waals surface area contributed by atoms with Gasteiger partial charge >= 0.3 is 0 Å².